The molecule has 1 aliphatic heterocycles. The van der Waals surface area contributed by atoms with Crippen LogP contribution < -0.4 is 10.6 Å². The Morgan fingerprint density at radius 2 is 1.82 bits per heavy atom. The average molecular weight is 547 g/mol. The molecule has 6 nitrogen and oxygen atoms in total. The maximum atomic E-state index is 14.1. The monoisotopic (exact) mass is 545 g/mol. The molecule has 1 aliphatic carbocycles. The van der Waals surface area contributed by atoms with Gasteiger partial charge in [-0.2, -0.15) is 0 Å². The molecule has 3 amide bonds. The molecule has 0 radical (unpaired) electrons. The first-order chi connectivity index (χ1) is 16.2. The van der Waals surface area contributed by atoms with E-state index in [9.17, 15) is 14.4 Å². The van der Waals surface area contributed by atoms with Gasteiger partial charge in [0.15, 0.2) is 0 Å². The minimum absolute atomic E-state index is 0.0276. The number of nitrogens with one attached hydrogen (secondary N) is 2. The first kappa shape index (κ1) is 24.9. The normalized spacial score (nSPS) is 21.7. The minimum atomic E-state index is -0.854. The Kier molecular flexibility index (Phi) is 7.48. The SMILES string of the molecule is CC(C)C[C@@H]1C(=O)NC(C2Cc3ccccc3C2)C(=O)N1[C@@H](C(=O)NC(C)C)c1cc(Br)cs1. The fraction of sp³-hybridized carbons (Fsp3) is 0.500. The largest absolute Gasteiger partial charge is 0.352 e. The van der Waals surface area contributed by atoms with Crippen molar-refractivity contribution in [3.8, 4) is 0 Å². The summed E-state index contributed by atoms with van der Waals surface area (Å²) >= 11 is 4.91. The van der Waals surface area contributed by atoms with Crippen LogP contribution in [0.15, 0.2) is 40.2 Å². The second-order valence-electron chi connectivity index (χ2n) is 10.0. The maximum Gasteiger partial charge on any atom is 0.248 e. The van der Waals surface area contributed by atoms with E-state index in [-0.39, 0.29) is 35.6 Å². The van der Waals surface area contributed by atoms with Crippen molar-refractivity contribution in [2.45, 2.75) is 71.1 Å². The molecule has 4 rings (SSSR count). The van der Waals surface area contributed by atoms with Gasteiger partial charge in [0.25, 0.3) is 0 Å². The molecule has 1 aromatic carbocycles. The van der Waals surface area contributed by atoms with E-state index < -0.39 is 18.1 Å². The van der Waals surface area contributed by atoms with Gasteiger partial charge in [0.1, 0.15) is 18.1 Å². The summed E-state index contributed by atoms with van der Waals surface area (Å²) in [5.74, 6) is -0.444. The summed E-state index contributed by atoms with van der Waals surface area (Å²) in [7, 11) is 0. The molecule has 0 saturated carbocycles. The lowest BCUT2D eigenvalue weighted by atomic mass is 9.88. The van der Waals surface area contributed by atoms with Crippen LogP contribution in [0.2, 0.25) is 0 Å². The van der Waals surface area contributed by atoms with Crippen molar-refractivity contribution in [3.05, 3.63) is 56.2 Å². The molecule has 1 aromatic heterocycles. The van der Waals surface area contributed by atoms with Crippen LogP contribution in [0.3, 0.4) is 0 Å². The standard InChI is InChI=1S/C26H32BrN3O3S/c1-14(2)9-20-24(31)29-22(18-10-16-7-5-6-8-17(16)11-18)26(33)30(20)23(25(32)28-15(3)4)21-12-19(27)13-34-21/h5-8,12-15,18,20,22-23H,9-11H2,1-4H3,(H,28,32)(H,29,31)/t20-,22?,23-/m1/s1. The zero-order valence-corrected chi connectivity index (χ0v) is 22.4. The number of halogens is 1. The topological polar surface area (TPSA) is 78.5 Å². The number of carbonyl (C=O) groups is 3. The zero-order valence-electron chi connectivity index (χ0n) is 20.0. The molecule has 34 heavy (non-hydrogen) atoms. The number of hydrogen-bond donors (Lipinski definition) is 2. The van der Waals surface area contributed by atoms with E-state index in [1.165, 1.54) is 22.5 Å². The smallest absolute Gasteiger partial charge is 0.248 e. The van der Waals surface area contributed by atoms with Crippen molar-refractivity contribution >= 4 is 45.0 Å². The number of amides is 3. The Morgan fingerprint density at radius 3 is 2.35 bits per heavy atom. The molecule has 2 N–H and O–H groups in total. The predicted molar refractivity (Wildman–Crippen MR) is 137 cm³/mol. The number of carbonyl (C=O) groups excluding carboxylic acids is 3. The Bertz CT molecular complexity index is 1060. The molecule has 1 saturated heterocycles. The third-order valence-electron chi connectivity index (χ3n) is 6.52. The average Bonchev–Trinajstić information content (AvgIpc) is 3.38. The van der Waals surface area contributed by atoms with Crippen LogP contribution in [-0.2, 0) is 27.2 Å². The van der Waals surface area contributed by atoms with E-state index in [0.717, 1.165) is 22.2 Å². The first-order valence-electron chi connectivity index (χ1n) is 11.9. The van der Waals surface area contributed by atoms with E-state index >= 15 is 0 Å². The molecule has 3 atom stereocenters. The van der Waals surface area contributed by atoms with Crippen molar-refractivity contribution < 1.29 is 14.4 Å². The molecule has 2 aromatic rings. The number of benzene rings is 1. The Hall–Kier alpha value is -2.19. The van der Waals surface area contributed by atoms with E-state index in [1.54, 1.807) is 4.90 Å². The fourth-order valence-corrected chi connectivity index (χ4v) is 6.64. The lowest BCUT2D eigenvalue weighted by Gasteiger charge is -2.44. The van der Waals surface area contributed by atoms with Gasteiger partial charge in [-0.05, 0) is 78.1 Å². The van der Waals surface area contributed by atoms with Crippen LogP contribution in [0.5, 0.6) is 0 Å². The van der Waals surface area contributed by atoms with Crippen LogP contribution in [0, 0.1) is 11.8 Å². The van der Waals surface area contributed by atoms with Gasteiger partial charge < -0.3 is 15.5 Å². The summed E-state index contributed by atoms with van der Waals surface area (Å²) in [6.45, 7) is 7.85. The Morgan fingerprint density at radius 1 is 1.18 bits per heavy atom. The molecular weight excluding hydrogens is 514 g/mol. The van der Waals surface area contributed by atoms with Gasteiger partial charge in [0.2, 0.25) is 17.7 Å². The lowest BCUT2D eigenvalue weighted by molar-refractivity contribution is -0.157. The second kappa shape index (κ2) is 10.2. The highest BCUT2D eigenvalue weighted by atomic mass is 79.9. The number of thiophene rings is 1. The molecule has 8 heteroatoms. The van der Waals surface area contributed by atoms with Crippen molar-refractivity contribution in [1.29, 1.82) is 0 Å². The lowest BCUT2D eigenvalue weighted by Crippen LogP contribution is -2.67. The van der Waals surface area contributed by atoms with Gasteiger partial charge in [0, 0.05) is 20.8 Å². The summed E-state index contributed by atoms with van der Waals surface area (Å²) in [5, 5.41) is 7.94. The maximum absolute atomic E-state index is 14.1. The molecule has 2 aliphatic rings. The number of fused-ring (bicyclic) bond motifs is 1. The quantitative estimate of drug-likeness (QED) is 0.546. The first-order valence-corrected chi connectivity index (χ1v) is 13.6. The summed E-state index contributed by atoms with van der Waals surface area (Å²) in [6.07, 6.45) is 1.97. The number of rotatable bonds is 7. The van der Waals surface area contributed by atoms with Crippen LogP contribution in [0.1, 0.15) is 56.2 Å². The van der Waals surface area contributed by atoms with Crippen molar-refractivity contribution in [1.82, 2.24) is 15.5 Å². The van der Waals surface area contributed by atoms with Crippen molar-refractivity contribution in [2.75, 3.05) is 0 Å². The van der Waals surface area contributed by atoms with E-state index in [1.807, 2.05) is 51.3 Å². The van der Waals surface area contributed by atoms with Crippen molar-refractivity contribution in [3.63, 3.8) is 0 Å². The Labute approximate surface area is 213 Å². The van der Waals surface area contributed by atoms with E-state index in [4.69, 9.17) is 0 Å². The third kappa shape index (κ3) is 5.08. The summed E-state index contributed by atoms with van der Waals surface area (Å²) in [4.78, 5) is 43.4. The highest BCUT2D eigenvalue weighted by Gasteiger charge is 2.49. The predicted octanol–water partition coefficient (Wildman–Crippen LogP) is 4.23. The summed E-state index contributed by atoms with van der Waals surface area (Å²) in [6, 6.07) is 7.78. The molecule has 0 spiro atoms. The molecule has 1 fully saturated rings. The minimum Gasteiger partial charge on any atom is -0.352 e. The number of nitrogens with zero attached hydrogens (tertiary/aromatic N) is 1. The van der Waals surface area contributed by atoms with Gasteiger partial charge in [0.05, 0.1) is 0 Å². The van der Waals surface area contributed by atoms with Gasteiger partial charge in [-0.15, -0.1) is 11.3 Å². The highest BCUT2D eigenvalue weighted by molar-refractivity contribution is 9.10. The van der Waals surface area contributed by atoms with E-state index in [0.29, 0.717) is 6.42 Å². The van der Waals surface area contributed by atoms with Gasteiger partial charge in [-0.1, -0.05) is 38.1 Å². The Balaban J connectivity index is 1.73. The van der Waals surface area contributed by atoms with Gasteiger partial charge >= 0.3 is 0 Å². The van der Waals surface area contributed by atoms with Gasteiger partial charge in [-0.3, -0.25) is 14.4 Å². The molecule has 182 valence electrons. The highest BCUT2D eigenvalue weighted by Crippen LogP contribution is 2.37. The van der Waals surface area contributed by atoms with Crippen LogP contribution in [0.25, 0.3) is 0 Å². The van der Waals surface area contributed by atoms with Crippen molar-refractivity contribution in [2.24, 2.45) is 11.8 Å². The van der Waals surface area contributed by atoms with E-state index in [2.05, 4.69) is 38.7 Å². The van der Waals surface area contributed by atoms with Gasteiger partial charge in [-0.25, -0.2) is 0 Å². The fourth-order valence-electron chi connectivity index (χ4n) is 5.10. The molecule has 0 bridgehead atoms. The molecule has 2 heterocycles. The van der Waals surface area contributed by atoms with Crippen LogP contribution >= 0.6 is 27.3 Å². The van der Waals surface area contributed by atoms with Crippen LogP contribution in [0.4, 0.5) is 0 Å². The third-order valence-corrected chi connectivity index (χ3v) is 8.27. The molecule has 1 unspecified atom stereocenters. The summed E-state index contributed by atoms with van der Waals surface area (Å²) < 4.78 is 0.854. The van der Waals surface area contributed by atoms with Crippen LogP contribution in [-0.4, -0.2) is 40.7 Å². The summed E-state index contributed by atoms with van der Waals surface area (Å²) in [5.41, 5.74) is 2.45. The number of hydrogen-bond acceptors (Lipinski definition) is 4. The molecular formula is C26H32BrN3O3S. The zero-order chi connectivity index (χ0) is 24.6. The second-order valence-corrected chi connectivity index (χ2v) is 11.9. The number of piperazine rings is 1.